The van der Waals surface area contributed by atoms with E-state index in [1.165, 1.54) is 16.2 Å². The Hall–Kier alpha value is -3.65. The van der Waals surface area contributed by atoms with Crippen LogP contribution in [0.25, 0.3) is 5.76 Å². The molecule has 4 heterocycles. The van der Waals surface area contributed by atoms with Gasteiger partial charge in [-0.3, -0.25) is 14.6 Å². The van der Waals surface area contributed by atoms with Crippen LogP contribution in [0.3, 0.4) is 0 Å². The Labute approximate surface area is 182 Å². The van der Waals surface area contributed by atoms with Crippen molar-refractivity contribution in [1.29, 1.82) is 0 Å². The maximum absolute atomic E-state index is 13.0. The van der Waals surface area contributed by atoms with Crippen LogP contribution in [-0.2, 0) is 16.1 Å². The van der Waals surface area contributed by atoms with Crippen molar-refractivity contribution in [3.05, 3.63) is 81.8 Å². The van der Waals surface area contributed by atoms with Crippen molar-refractivity contribution >= 4 is 28.8 Å². The normalized spacial score (nSPS) is 19.6. The van der Waals surface area contributed by atoms with Gasteiger partial charge in [-0.15, -0.1) is 11.3 Å². The van der Waals surface area contributed by atoms with Gasteiger partial charge in [0.2, 0.25) is 0 Å². The van der Waals surface area contributed by atoms with Gasteiger partial charge >= 0.3 is 0 Å². The van der Waals surface area contributed by atoms with E-state index in [0.717, 1.165) is 10.4 Å². The van der Waals surface area contributed by atoms with Crippen LogP contribution in [0.1, 0.15) is 22.0 Å². The third kappa shape index (κ3) is 3.44. The van der Waals surface area contributed by atoms with Crippen LogP contribution in [0.15, 0.2) is 65.8 Å². The van der Waals surface area contributed by atoms with Crippen LogP contribution in [0.4, 0.5) is 0 Å². The van der Waals surface area contributed by atoms with E-state index in [9.17, 15) is 14.7 Å². The average molecular weight is 434 g/mol. The van der Waals surface area contributed by atoms with Gasteiger partial charge in [0.25, 0.3) is 11.7 Å². The molecule has 2 aromatic heterocycles. The van der Waals surface area contributed by atoms with Crippen LogP contribution in [0.2, 0.25) is 0 Å². The lowest BCUT2D eigenvalue weighted by atomic mass is 9.99. The molecule has 8 heteroatoms. The van der Waals surface area contributed by atoms with E-state index in [1.807, 2.05) is 23.6 Å². The molecule has 0 radical (unpaired) electrons. The lowest BCUT2D eigenvalue weighted by molar-refractivity contribution is -0.140. The monoisotopic (exact) mass is 434 g/mol. The smallest absolute Gasteiger partial charge is 0.295 e. The zero-order valence-corrected chi connectivity index (χ0v) is 17.2. The van der Waals surface area contributed by atoms with Gasteiger partial charge in [0, 0.05) is 29.4 Å². The second-order valence-electron chi connectivity index (χ2n) is 7.16. The second kappa shape index (κ2) is 7.88. The molecule has 1 saturated heterocycles. The number of nitrogens with zero attached hydrogens (tertiary/aromatic N) is 2. The van der Waals surface area contributed by atoms with E-state index < -0.39 is 17.7 Å². The summed E-state index contributed by atoms with van der Waals surface area (Å²) in [4.78, 5) is 32.4. The summed E-state index contributed by atoms with van der Waals surface area (Å²) in [5.74, 6) is -0.527. The minimum atomic E-state index is -0.713. The number of fused-ring (bicyclic) bond motifs is 1. The molecule has 31 heavy (non-hydrogen) atoms. The zero-order valence-electron chi connectivity index (χ0n) is 16.4. The van der Waals surface area contributed by atoms with E-state index in [2.05, 4.69) is 4.98 Å². The molecule has 1 N–H and O–H groups in total. The number of amides is 1. The molecule has 2 aliphatic rings. The minimum absolute atomic E-state index is 0.0630. The number of carbonyl (C=O) groups excluding carboxylic acids is 2. The van der Waals surface area contributed by atoms with Crippen molar-refractivity contribution in [3.63, 3.8) is 0 Å². The maximum atomic E-state index is 13.0. The van der Waals surface area contributed by atoms with Crippen molar-refractivity contribution < 1.29 is 24.2 Å². The fourth-order valence-corrected chi connectivity index (χ4v) is 4.67. The lowest BCUT2D eigenvalue weighted by Crippen LogP contribution is -2.28. The van der Waals surface area contributed by atoms with Gasteiger partial charge < -0.3 is 19.5 Å². The van der Waals surface area contributed by atoms with Gasteiger partial charge in [-0.25, -0.2) is 0 Å². The quantitative estimate of drug-likeness (QED) is 0.384. The Kier molecular flexibility index (Phi) is 4.91. The molecular formula is C23H18N2O5S. The van der Waals surface area contributed by atoms with Crippen LogP contribution in [-0.4, -0.2) is 39.9 Å². The Morgan fingerprint density at radius 2 is 1.97 bits per heavy atom. The number of pyridine rings is 1. The van der Waals surface area contributed by atoms with Gasteiger partial charge in [0.05, 0.1) is 11.6 Å². The van der Waals surface area contributed by atoms with Gasteiger partial charge in [0.1, 0.15) is 19.0 Å². The number of aromatic nitrogens is 1. The number of hydrogen-bond donors (Lipinski definition) is 1. The van der Waals surface area contributed by atoms with Gasteiger partial charge in [-0.05, 0) is 41.3 Å². The van der Waals surface area contributed by atoms with Gasteiger partial charge in [-0.1, -0.05) is 12.1 Å². The molecule has 0 aliphatic carbocycles. The Bertz CT molecular complexity index is 1170. The number of rotatable bonds is 4. The molecule has 1 atom stereocenters. The van der Waals surface area contributed by atoms with Gasteiger partial charge in [0.15, 0.2) is 11.5 Å². The fraction of sp³-hybridized carbons (Fsp3) is 0.174. The highest BCUT2D eigenvalue weighted by Gasteiger charge is 2.46. The summed E-state index contributed by atoms with van der Waals surface area (Å²) in [5, 5.41) is 13.0. The first-order valence-electron chi connectivity index (χ1n) is 9.74. The number of carbonyl (C=O) groups is 2. The van der Waals surface area contributed by atoms with Crippen molar-refractivity contribution in [2.45, 2.75) is 12.6 Å². The fourth-order valence-electron chi connectivity index (χ4n) is 3.82. The van der Waals surface area contributed by atoms with Crippen LogP contribution < -0.4 is 9.47 Å². The summed E-state index contributed by atoms with van der Waals surface area (Å²) in [7, 11) is 0. The highest BCUT2D eigenvalue weighted by Crippen LogP contribution is 2.43. The molecule has 0 spiro atoms. The largest absolute Gasteiger partial charge is 0.507 e. The van der Waals surface area contributed by atoms with Crippen LogP contribution in [0, 0.1) is 0 Å². The molecule has 0 saturated carbocycles. The number of ketones is 1. The second-order valence-corrected chi connectivity index (χ2v) is 8.14. The number of likely N-dealkylation sites (tertiary alicyclic amines) is 1. The number of Topliss-reactive ketones (excluding diaryl/α,β-unsaturated/α-hetero) is 1. The first-order chi connectivity index (χ1) is 15.1. The van der Waals surface area contributed by atoms with Crippen molar-refractivity contribution in [1.82, 2.24) is 9.88 Å². The highest BCUT2D eigenvalue weighted by atomic mass is 32.1. The number of benzene rings is 1. The third-order valence-corrected chi connectivity index (χ3v) is 6.17. The molecule has 7 nitrogen and oxygen atoms in total. The molecule has 1 unspecified atom stereocenters. The predicted molar refractivity (Wildman–Crippen MR) is 114 cm³/mol. The van der Waals surface area contributed by atoms with Gasteiger partial charge in [-0.2, -0.15) is 0 Å². The summed E-state index contributed by atoms with van der Waals surface area (Å²) in [5.41, 5.74) is 1.25. The summed E-state index contributed by atoms with van der Waals surface area (Å²) >= 11 is 1.43. The number of aliphatic hydroxyl groups is 1. The van der Waals surface area contributed by atoms with E-state index in [1.54, 1.807) is 36.7 Å². The Morgan fingerprint density at radius 1 is 1.13 bits per heavy atom. The topological polar surface area (TPSA) is 89.0 Å². The lowest BCUT2D eigenvalue weighted by Gasteiger charge is -2.24. The summed E-state index contributed by atoms with van der Waals surface area (Å²) in [6.45, 7) is 1.07. The number of ether oxygens (including phenoxy) is 2. The molecule has 1 amide bonds. The summed E-state index contributed by atoms with van der Waals surface area (Å²) in [6.07, 6.45) is 3.31. The van der Waals surface area contributed by atoms with E-state index in [4.69, 9.17) is 9.47 Å². The Morgan fingerprint density at radius 3 is 2.71 bits per heavy atom. The average Bonchev–Trinajstić information content (AvgIpc) is 3.42. The SMILES string of the molecule is O=C1C(=O)N(Cc2cccnc2)C(c2cccs2)C1=C(O)c1ccc2c(c1)OCCO2. The molecule has 1 fully saturated rings. The first kappa shape index (κ1) is 19.3. The number of thiophene rings is 1. The zero-order chi connectivity index (χ0) is 21.4. The Balaban J connectivity index is 1.60. The van der Waals surface area contributed by atoms with Crippen LogP contribution >= 0.6 is 11.3 Å². The third-order valence-electron chi connectivity index (χ3n) is 5.24. The first-order valence-corrected chi connectivity index (χ1v) is 10.6. The molecule has 5 rings (SSSR count). The molecule has 156 valence electrons. The van der Waals surface area contributed by atoms with E-state index >= 15 is 0 Å². The standard InChI is InChI=1S/C23H18N2O5S/c26-21(15-5-6-16-17(11-15)30-9-8-29-16)19-20(18-4-2-10-31-18)25(23(28)22(19)27)13-14-3-1-7-24-12-14/h1-7,10-12,20,26H,8-9,13H2. The highest BCUT2D eigenvalue weighted by molar-refractivity contribution is 7.10. The summed E-state index contributed by atoms with van der Waals surface area (Å²) < 4.78 is 11.1. The van der Waals surface area contributed by atoms with Crippen molar-refractivity contribution in [3.8, 4) is 11.5 Å². The predicted octanol–water partition coefficient (Wildman–Crippen LogP) is 3.54. The molecular weight excluding hydrogens is 416 g/mol. The van der Waals surface area contributed by atoms with Crippen molar-refractivity contribution in [2.75, 3.05) is 13.2 Å². The summed E-state index contributed by atoms with van der Waals surface area (Å²) in [6, 6.07) is 11.6. The van der Waals surface area contributed by atoms with E-state index in [0.29, 0.717) is 30.3 Å². The number of aliphatic hydroxyl groups excluding tert-OH is 1. The van der Waals surface area contributed by atoms with E-state index in [-0.39, 0.29) is 17.9 Å². The maximum Gasteiger partial charge on any atom is 0.295 e. The molecule has 0 bridgehead atoms. The molecule has 3 aromatic rings. The number of hydrogen-bond acceptors (Lipinski definition) is 7. The van der Waals surface area contributed by atoms with Crippen molar-refractivity contribution in [2.24, 2.45) is 0 Å². The molecule has 1 aromatic carbocycles. The minimum Gasteiger partial charge on any atom is -0.507 e. The van der Waals surface area contributed by atoms with Crippen LogP contribution in [0.5, 0.6) is 11.5 Å². The molecule has 2 aliphatic heterocycles.